The smallest absolute Gasteiger partial charge is 0.146 e. The highest BCUT2D eigenvalue weighted by atomic mass is 15.1. The zero-order valence-electron chi connectivity index (χ0n) is 12.7. The fourth-order valence-corrected chi connectivity index (χ4v) is 2.55. The van der Waals surface area contributed by atoms with E-state index < -0.39 is 0 Å². The molecule has 1 aromatic rings. The minimum atomic E-state index is 0.756. The summed E-state index contributed by atoms with van der Waals surface area (Å²) in [5.74, 6) is 2.49. The fourth-order valence-electron chi connectivity index (χ4n) is 2.55. The molecule has 0 bridgehead atoms. The van der Waals surface area contributed by atoms with E-state index in [1.165, 1.54) is 32.5 Å². The minimum absolute atomic E-state index is 0.756. The summed E-state index contributed by atoms with van der Waals surface area (Å²) in [7, 11) is 0. The second kappa shape index (κ2) is 8.04. The van der Waals surface area contributed by atoms with E-state index in [0.29, 0.717) is 0 Å². The van der Waals surface area contributed by atoms with Gasteiger partial charge in [-0.3, -0.25) is 4.98 Å². The Morgan fingerprint density at radius 2 is 1.85 bits per heavy atom. The van der Waals surface area contributed by atoms with E-state index in [4.69, 9.17) is 0 Å². The Morgan fingerprint density at radius 1 is 1.15 bits per heavy atom. The summed E-state index contributed by atoms with van der Waals surface area (Å²) in [6.45, 7) is 9.96. The van der Waals surface area contributed by atoms with Gasteiger partial charge in [-0.05, 0) is 44.8 Å². The quantitative estimate of drug-likeness (QED) is 0.802. The number of rotatable bonds is 7. The van der Waals surface area contributed by atoms with Crippen LogP contribution in [0.25, 0.3) is 0 Å². The third-order valence-corrected chi connectivity index (χ3v) is 3.92. The number of anilines is 2. The molecule has 0 radical (unpaired) electrons. The van der Waals surface area contributed by atoms with Crippen LogP contribution in [0.1, 0.15) is 33.1 Å². The number of hydrogen-bond acceptors (Lipinski definition) is 5. The number of aromatic nitrogens is 2. The summed E-state index contributed by atoms with van der Waals surface area (Å²) in [6.07, 6.45) is 7.23. The first-order valence-electron chi connectivity index (χ1n) is 7.84. The first kappa shape index (κ1) is 15.0. The number of hydrogen-bond donors (Lipinski definition) is 2. The molecule has 0 amide bonds. The third kappa shape index (κ3) is 4.63. The summed E-state index contributed by atoms with van der Waals surface area (Å²) in [4.78, 5) is 11.3. The summed E-state index contributed by atoms with van der Waals surface area (Å²) >= 11 is 0. The van der Waals surface area contributed by atoms with Crippen molar-refractivity contribution in [3.63, 3.8) is 0 Å². The van der Waals surface area contributed by atoms with Crippen molar-refractivity contribution in [3.8, 4) is 0 Å². The second-order valence-electron chi connectivity index (χ2n) is 5.47. The highest BCUT2D eigenvalue weighted by Crippen LogP contribution is 2.17. The number of nitrogens with one attached hydrogen (secondary N) is 2. The fraction of sp³-hybridized carbons (Fsp3) is 0.733. The van der Waals surface area contributed by atoms with E-state index in [-0.39, 0.29) is 0 Å². The molecule has 0 spiro atoms. The van der Waals surface area contributed by atoms with Gasteiger partial charge in [-0.2, -0.15) is 0 Å². The Labute approximate surface area is 122 Å². The lowest BCUT2D eigenvalue weighted by Crippen LogP contribution is -2.35. The number of nitrogens with zero attached hydrogens (tertiary/aromatic N) is 3. The van der Waals surface area contributed by atoms with Gasteiger partial charge in [0.05, 0.1) is 12.4 Å². The molecule has 0 unspecified atom stereocenters. The van der Waals surface area contributed by atoms with Gasteiger partial charge in [-0.15, -0.1) is 0 Å². The van der Waals surface area contributed by atoms with E-state index >= 15 is 0 Å². The van der Waals surface area contributed by atoms with Crippen LogP contribution in [0.3, 0.4) is 0 Å². The van der Waals surface area contributed by atoms with Gasteiger partial charge >= 0.3 is 0 Å². The van der Waals surface area contributed by atoms with Crippen molar-refractivity contribution >= 4 is 11.6 Å². The standard InChI is InChI=1S/C15H27N5/c1-3-7-17-14-11-16-12-15(19-14)18-10-13-5-8-20(4-2)9-6-13/h11-13H,3-10H2,1-2H3,(H2,17,18,19). The van der Waals surface area contributed by atoms with Crippen molar-refractivity contribution in [2.75, 3.05) is 43.4 Å². The maximum Gasteiger partial charge on any atom is 0.146 e. The van der Waals surface area contributed by atoms with Crippen LogP contribution in [-0.2, 0) is 0 Å². The van der Waals surface area contributed by atoms with Crippen molar-refractivity contribution in [1.82, 2.24) is 14.9 Å². The van der Waals surface area contributed by atoms with Gasteiger partial charge in [-0.1, -0.05) is 13.8 Å². The Hall–Kier alpha value is -1.36. The molecule has 1 fully saturated rings. The van der Waals surface area contributed by atoms with Gasteiger partial charge in [0.25, 0.3) is 0 Å². The highest BCUT2D eigenvalue weighted by molar-refractivity contribution is 5.41. The average Bonchev–Trinajstić information content (AvgIpc) is 2.52. The molecule has 0 saturated carbocycles. The van der Waals surface area contributed by atoms with E-state index in [2.05, 4.69) is 39.3 Å². The van der Waals surface area contributed by atoms with Crippen LogP contribution in [0.2, 0.25) is 0 Å². The summed E-state index contributed by atoms with van der Waals surface area (Å²) in [5, 5.41) is 6.70. The zero-order chi connectivity index (χ0) is 14.2. The Balaban J connectivity index is 1.76. The van der Waals surface area contributed by atoms with Crippen LogP contribution >= 0.6 is 0 Å². The van der Waals surface area contributed by atoms with Crippen molar-refractivity contribution in [1.29, 1.82) is 0 Å². The van der Waals surface area contributed by atoms with Crippen LogP contribution in [0.15, 0.2) is 12.4 Å². The molecular formula is C15H27N5. The van der Waals surface area contributed by atoms with Gasteiger partial charge < -0.3 is 15.5 Å². The molecule has 1 aliphatic rings. The largest absolute Gasteiger partial charge is 0.369 e. The Kier molecular flexibility index (Phi) is 6.05. The molecule has 2 heterocycles. The lowest BCUT2D eigenvalue weighted by Gasteiger charge is -2.31. The molecule has 1 aliphatic heterocycles. The van der Waals surface area contributed by atoms with Crippen molar-refractivity contribution in [3.05, 3.63) is 12.4 Å². The van der Waals surface area contributed by atoms with Crippen molar-refractivity contribution < 1.29 is 0 Å². The zero-order valence-corrected chi connectivity index (χ0v) is 12.7. The summed E-state index contributed by atoms with van der Waals surface area (Å²) in [6, 6.07) is 0. The lowest BCUT2D eigenvalue weighted by molar-refractivity contribution is 0.198. The van der Waals surface area contributed by atoms with Crippen molar-refractivity contribution in [2.24, 2.45) is 5.92 Å². The Morgan fingerprint density at radius 3 is 2.50 bits per heavy atom. The molecule has 2 rings (SSSR count). The SMILES string of the molecule is CCCNc1cncc(NCC2CCN(CC)CC2)n1. The molecule has 5 heteroatoms. The highest BCUT2D eigenvalue weighted by Gasteiger charge is 2.17. The predicted octanol–water partition coefficient (Wildman–Crippen LogP) is 2.44. The van der Waals surface area contributed by atoms with Crippen LogP contribution in [0, 0.1) is 5.92 Å². The molecular weight excluding hydrogens is 250 g/mol. The topological polar surface area (TPSA) is 53.1 Å². The molecule has 0 aromatic carbocycles. The van der Waals surface area contributed by atoms with Gasteiger partial charge in [0.1, 0.15) is 11.6 Å². The molecule has 5 nitrogen and oxygen atoms in total. The van der Waals surface area contributed by atoms with Crippen LogP contribution in [0.5, 0.6) is 0 Å². The normalized spacial score (nSPS) is 17.1. The molecule has 0 aliphatic carbocycles. The van der Waals surface area contributed by atoms with Gasteiger partial charge in [0.15, 0.2) is 0 Å². The predicted molar refractivity (Wildman–Crippen MR) is 84.1 cm³/mol. The average molecular weight is 277 g/mol. The van der Waals surface area contributed by atoms with E-state index in [1.807, 2.05) is 0 Å². The first-order valence-corrected chi connectivity index (χ1v) is 7.84. The number of piperidine rings is 1. The van der Waals surface area contributed by atoms with E-state index in [9.17, 15) is 0 Å². The van der Waals surface area contributed by atoms with Gasteiger partial charge in [0.2, 0.25) is 0 Å². The number of likely N-dealkylation sites (tertiary alicyclic amines) is 1. The van der Waals surface area contributed by atoms with E-state index in [1.54, 1.807) is 12.4 Å². The van der Waals surface area contributed by atoms with Crippen molar-refractivity contribution in [2.45, 2.75) is 33.1 Å². The van der Waals surface area contributed by atoms with Gasteiger partial charge in [0, 0.05) is 13.1 Å². The Bertz CT molecular complexity index is 388. The van der Waals surface area contributed by atoms with Crippen LogP contribution in [-0.4, -0.2) is 47.6 Å². The first-order chi connectivity index (χ1) is 9.81. The van der Waals surface area contributed by atoms with Crippen LogP contribution in [0.4, 0.5) is 11.6 Å². The van der Waals surface area contributed by atoms with Crippen LogP contribution < -0.4 is 10.6 Å². The summed E-state index contributed by atoms with van der Waals surface area (Å²) < 4.78 is 0. The molecule has 1 saturated heterocycles. The van der Waals surface area contributed by atoms with Gasteiger partial charge in [-0.25, -0.2) is 4.98 Å². The molecule has 112 valence electrons. The summed E-state index contributed by atoms with van der Waals surface area (Å²) in [5.41, 5.74) is 0. The third-order valence-electron chi connectivity index (χ3n) is 3.92. The lowest BCUT2D eigenvalue weighted by atomic mass is 9.97. The molecule has 1 aromatic heterocycles. The van der Waals surface area contributed by atoms with E-state index in [0.717, 1.165) is 37.1 Å². The molecule has 2 N–H and O–H groups in total. The minimum Gasteiger partial charge on any atom is -0.369 e. The monoisotopic (exact) mass is 277 g/mol. The maximum atomic E-state index is 4.53. The maximum absolute atomic E-state index is 4.53. The molecule has 0 atom stereocenters. The second-order valence-corrected chi connectivity index (χ2v) is 5.47. The molecule has 20 heavy (non-hydrogen) atoms.